The summed E-state index contributed by atoms with van der Waals surface area (Å²) in [5.74, 6) is -0.309. The van der Waals surface area contributed by atoms with Gasteiger partial charge in [-0.05, 0) is 50.1 Å². The SMILES string of the molecule is CC(=O)c1ccc(C(=O)N(CC2CCCO2)c2nc3ccc(S(C)(=O)=O)cc3s2)cc1. The van der Waals surface area contributed by atoms with E-state index >= 15 is 0 Å². The van der Waals surface area contributed by atoms with E-state index in [4.69, 9.17) is 4.74 Å². The van der Waals surface area contributed by atoms with Gasteiger partial charge in [0.2, 0.25) is 0 Å². The van der Waals surface area contributed by atoms with Gasteiger partial charge < -0.3 is 4.74 Å². The fraction of sp³-hybridized carbons (Fsp3) is 0.318. The number of sulfone groups is 1. The first kappa shape index (κ1) is 21.6. The number of aromatic nitrogens is 1. The predicted octanol–water partition coefficient (Wildman–Crippen LogP) is 3.73. The van der Waals surface area contributed by atoms with Gasteiger partial charge in [0.25, 0.3) is 5.91 Å². The van der Waals surface area contributed by atoms with Crippen LogP contribution in [0.4, 0.5) is 5.13 Å². The number of amides is 1. The van der Waals surface area contributed by atoms with Gasteiger partial charge in [-0.2, -0.15) is 0 Å². The van der Waals surface area contributed by atoms with Gasteiger partial charge in [0.15, 0.2) is 20.8 Å². The van der Waals surface area contributed by atoms with Crippen molar-refractivity contribution >= 4 is 48.2 Å². The summed E-state index contributed by atoms with van der Waals surface area (Å²) in [4.78, 5) is 31.3. The molecule has 7 nitrogen and oxygen atoms in total. The highest BCUT2D eigenvalue weighted by molar-refractivity contribution is 7.90. The van der Waals surface area contributed by atoms with Crippen LogP contribution in [0.25, 0.3) is 10.2 Å². The Bertz CT molecular complexity index is 1240. The van der Waals surface area contributed by atoms with Crippen molar-refractivity contribution in [1.82, 2.24) is 4.98 Å². The molecule has 1 amide bonds. The van der Waals surface area contributed by atoms with E-state index in [-0.39, 0.29) is 22.7 Å². The lowest BCUT2D eigenvalue weighted by Gasteiger charge is -2.23. The standard InChI is InChI=1S/C22H22N2O5S2/c1-14(25)15-5-7-16(8-6-15)21(26)24(13-17-4-3-11-29-17)22-23-19-10-9-18(31(2,27)28)12-20(19)30-22/h5-10,12,17H,3-4,11,13H2,1-2H3. The Balaban J connectivity index is 1.71. The number of carbonyl (C=O) groups is 2. The molecule has 0 N–H and O–H groups in total. The van der Waals surface area contributed by atoms with E-state index in [1.165, 1.54) is 24.3 Å². The monoisotopic (exact) mass is 458 g/mol. The molecule has 0 saturated carbocycles. The number of benzene rings is 2. The number of hydrogen-bond acceptors (Lipinski definition) is 7. The first-order valence-corrected chi connectivity index (χ1v) is 12.6. The predicted molar refractivity (Wildman–Crippen MR) is 120 cm³/mol. The van der Waals surface area contributed by atoms with Crippen LogP contribution in [0.1, 0.15) is 40.5 Å². The second kappa shape index (κ2) is 8.49. The van der Waals surface area contributed by atoms with Gasteiger partial charge in [-0.15, -0.1) is 0 Å². The van der Waals surface area contributed by atoms with Crippen molar-refractivity contribution in [2.75, 3.05) is 24.3 Å². The number of fused-ring (bicyclic) bond motifs is 1. The van der Waals surface area contributed by atoms with Gasteiger partial charge in [-0.1, -0.05) is 23.5 Å². The third-order valence-electron chi connectivity index (χ3n) is 5.20. The Labute approximate surface area is 184 Å². The number of thiazole rings is 1. The zero-order valence-corrected chi connectivity index (χ0v) is 18.8. The zero-order valence-electron chi connectivity index (χ0n) is 17.2. The summed E-state index contributed by atoms with van der Waals surface area (Å²) in [5, 5.41) is 0.483. The Morgan fingerprint density at radius 1 is 1.16 bits per heavy atom. The first-order chi connectivity index (χ1) is 14.7. The second-order valence-electron chi connectivity index (χ2n) is 7.58. The van der Waals surface area contributed by atoms with Crippen molar-refractivity contribution < 1.29 is 22.7 Å². The fourth-order valence-corrected chi connectivity index (χ4v) is 5.22. The Hall–Kier alpha value is -2.62. The molecule has 2 aromatic carbocycles. The van der Waals surface area contributed by atoms with Crippen LogP contribution in [0.2, 0.25) is 0 Å². The molecule has 9 heteroatoms. The van der Waals surface area contributed by atoms with Crippen LogP contribution >= 0.6 is 11.3 Å². The van der Waals surface area contributed by atoms with Crippen LogP contribution in [-0.2, 0) is 14.6 Å². The third kappa shape index (κ3) is 4.68. The minimum absolute atomic E-state index is 0.0666. The molecule has 1 aliphatic heterocycles. The Kier molecular flexibility index (Phi) is 5.92. The van der Waals surface area contributed by atoms with Gasteiger partial charge in [0.1, 0.15) is 0 Å². The maximum absolute atomic E-state index is 13.4. The number of ketones is 1. The van der Waals surface area contributed by atoms with Crippen LogP contribution in [0.15, 0.2) is 47.4 Å². The van der Waals surface area contributed by atoms with Gasteiger partial charge >= 0.3 is 0 Å². The lowest BCUT2D eigenvalue weighted by atomic mass is 10.1. The maximum Gasteiger partial charge on any atom is 0.260 e. The quantitative estimate of drug-likeness (QED) is 0.523. The zero-order chi connectivity index (χ0) is 22.2. The number of rotatable bonds is 6. The van der Waals surface area contributed by atoms with Gasteiger partial charge in [-0.25, -0.2) is 13.4 Å². The number of anilines is 1. The number of ether oxygens (including phenoxy) is 1. The van der Waals surface area contributed by atoms with E-state index < -0.39 is 9.84 Å². The minimum atomic E-state index is -3.34. The Morgan fingerprint density at radius 2 is 1.87 bits per heavy atom. The minimum Gasteiger partial charge on any atom is -0.376 e. The van der Waals surface area contributed by atoms with Crippen LogP contribution in [-0.4, -0.2) is 50.6 Å². The summed E-state index contributed by atoms with van der Waals surface area (Å²) in [6, 6.07) is 11.3. The molecule has 1 saturated heterocycles. The summed E-state index contributed by atoms with van der Waals surface area (Å²) < 4.78 is 30.2. The molecule has 0 spiro atoms. The van der Waals surface area contributed by atoms with E-state index in [9.17, 15) is 18.0 Å². The second-order valence-corrected chi connectivity index (χ2v) is 10.6. The molecule has 1 fully saturated rings. The van der Waals surface area contributed by atoms with Crippen molar-refractivity contribution in [1.29, 1.82) is 0 Å². The average Bonchev–Trinajstić information content (AvgIpc) is 3.39. The molecule has 31 heavy (non-hydrogen) atoms. The van der Waals surface area contributed by atoms with Gasteiger partial charge in [-0.3, -0.25) is 14.5 Å². The summed E-state index contributed by atoms with van der Waals surface area (Å²) in [7, 11) is -3.34. The van der Waals surface area contributed by atoms with Gasteiger partial charge in [0, 0.05) is 24.0 Å². The molecule has 1 atom stereocenters. The molecule has 0 bridgehead atoms. The number of nitrogens with zero attached hydrogens (tertiary/aromatic N) is 2. The molecule has 2 heterocycles. The summed E-state index contributed by atoms with van der Waals surface area (Å²) in [6.45, 7) is 2.50. The molecule has 1 unspecified atom stereocenters. The molecular formula is C22H22N2O5S2. The Morgan fingerprint density at radius 3 is 2.48 bits per heavy atom. The maximum atomic E-state index is 13.4. The third-order valence-corrected chi connectivity index (χ3v) is 7.35. The summed E-state index contributed by atoms with van der Waals surface area (Å²) in [5.41, 5.74) is 1.61. The van der Waals surface area contributed by atoms with Crippen LogP contribution < -0.4 is 4.90 Å². The average molecular weight is 459 g/mol. The molecule has 0 aliphatic carbocycles. The van der Waals surface area contributed by atoms with Crippen molar-refractivity contribution in [2.45, 2.75) is 30.8 Å². The lowest BCUT2D eigenvalue weighted by molar-refractivity contribution is 0.0916. The molecule has 3 aromatic rings. The van der Waals surface area contributed by atoms with Gasteiger partial charge in [0.05, 0.1) is 27.8 Å². The molecule has 1 aliphatic rings. The highest BCUT2D eigenvalue weighted by atomic mass is 32.2. The molecule has 0 radical (unpaired) electrons. The fourth-order valence-electron chi connectivity index (χ4n) is 3.48. The van der Waals surface area contributed by atoms with E-state index in [1.54, 1.807) is 41.3 Å². The first-order valence-electron chi connectivity index (χ1n) is 9.87. The number of carbonyl (C=O) groups excluding carboxylic acids is 2. The normalized spacial score (nSPS) is 16.5. The number of Topliss-reactive ketones (excluding diaryl/α,β-unsaturated/α-hetero) is 1. The van der Waals surface area contributed by atoms with Crippen LogP contribution in [0.5, 0.6) is 0 Å². The topological polar surface area (TPSA) is 93.6 Å². The van der Waals surface area contributed by atoms with E-state index in [0.717, 1.165) is 19.1 Å². The molecular weight excluding hydrogens is 436 g/mol. The highest BCUT2D eigenvalue weighted by Gasteiger charge is 2.27. The number of hydrogen-bond donors (Lipinski definition) is 0. The molecule has 1 aromatic heterocycles. The van der Waals surface area contributed by atoms with Crippen molar-refractivity contribution in [3.8, 4) is 0 Å². The van der Waals surface area contributed by atoms with Crippen molar-refractivity contribution in [2.24, 2.45) is 0 Å². The highest BCUT2D eigenvalue weighted by Crippen LogP contribution is 2.32. The van der Waals surface area contributed by atoms with Crippen molar-refractivity contribution in [3.05, 3.63) is 53.6 Å². The summed E-state index contributed by atoms with van der Waals surface area (Å²) in [6.07, 6.45) is 2.88. The lowest BCUT2D eigenvalue weighted by Crippen LogP contribution is -2.37. The van der Waals surface area contributed by atoms with E-state index in [1.807, 2.05) is 0 Å². The van der Waals surface area contributed by atoms with E-state index in [0.29, 0.717) is 39.6 Å². The van der Waals surface area contributed by atoms with Crippen molar-refractivity contribution in [3.63, 3.8) is 0 Å². The molecule has 162 valence electrons. The largest absolute Gasteiger partial charge is 0.376 e. The van der Waals surface area contributed by atoms with Crippen LogP contribution in [0.3, 0.4) is 0 Å². The van der Waals surface area contributed by atoms with Crippen LogP contribution in [0, 0.1) is 0 Å². The summed E-state index contributed by atoms with van der Waals surface area (Å²) >= 11 is 1.27. The molecule has 4 rings (SSSR count). The smallest absolute Gasteiger partial charge is 0.260 e. The van der Waals surface area contributed by atoms with E-state index in [2.05, 4.69) is 4.98 Å².